The summed E-state index contributed by atoms with van der Waals surface area (Å²) in [7, 11) is 0. The van der Waals surface area contributed by atoms with Crippen molar-refractivity contribution in [3.8, 4) is 0 Å². The van der Waals surface area contributed by atoms with Gasteiger partial charge in [0.2, 0.25) is 0 Å². The Balaban J connectivity index is 0.0000120. The van der Waals surface area contributed by atoms with E-state index in [1.165, 1.54) is 116 Å². The van der Waals surface area contributed by atoms with Crippen molar-refractivity contribution in [1.82, 2.24) is 0 Å². The summed E-state index contributed by atoms with van der Waals surface area (Å²) in [6.45, 7) is 6.42. The molecule has 0 aromatic carbocycles. The van der Waals surface area contributed by atoms with E-state index in [4.69, 9.17) is 11.5 Å². The van der Waals surface area contributed by atoms with Gasteiger partial charge in [-0.15, -0.1) is 0 Å². The fourth-order valence-corrected chi connectivity index (χ4v) is 7.07. The van der Waals surface area contributed by atoms with Crippen LogP contribution in [0, 0.1) is 0 Å². The third-order valence-corrected chi connectivity index (χ3v) is 9.99. The Morgan fingerprint density at radius 2 is 0.740 bits per heavy atom. The predicted molar refractivity (Wildman–Crippen MR) is 200 cm³/mol. The molecule has 2 aromatic heterocycles. The van der Waals surface area contributed by atoms with Crippen LogP contribution < -0.4 is 54.6 Å². The number of aryl methyl sites for hydroxylation is 2. The van der Waals surface area contributed by atoms with Crippen LogP contribution in [0.2, 0.25) is 0 Å². The van der Waals surface area contributed by atoms with Crippen molar-refractivity contribution >= 4 is 11.8 Å². The molecular weight excluding hydrogens is 752 g/mol. The van der Waals surface area contributed by atoms with Crippen LogP contribution >= 0.6 is 0 Å². The third-order valence-electron chi connectivity index (χ3n) is 9.99. The van der Waals surface area contributed by atoms with Crippen molar-refractivity contribution in [1.29, 1.82) is 0 Å². The highest BCUT2D eigenvalue weighted by atomic mass is 79.9. The molecule has 0 aliphatic carbocycles. The van der Waals surface area contributed by atoms with E-state index >= 15 is 0 Å². The lowest BCUT2D eigenvalue weighted by Crippen LogP contribution is -3.00. The number of carbonyl (C=O) groups is 2. The summed E-state index contributed by atoms with van der Waals surface area (Å²) in [6.07, 6.45) is 36.4. The van der Waals surface area contributed by atoms with Crippen molar-refractivity contribution in [2.45, 2.75) is 194 Å². The zero-order chi connectivity index (χ0) is 34.7. The molecule has 0 bridgehead atoms. The molecule has 2 aromatic rings. The molecule has 0 unspecified atom stereocenters. The van der Waals surface area contributed by atoms with Gasteiger partial charge in [-0.2, -0.15) is 0 Å². The number of nitrogens with two attached hydrogens (primary N) is 2. The number of carbonyl (C=O) groups excluding carboxylic acids is 2. The molecule has 50 heavy (non-hydrogen) atoms. The van der Waals surface area contributed by atoms with Gasteiger partial charge in [0, 0.05) is 37.8 Å². The van der Waals surface area contributed by atoms with E-state index in [0.29, 0.717) is 11.1 Å². The summed E-state index contributed by atoms with van der Waals surface area (Å²) >= 11 is 0. The lowest BCUT2D eigenvalue weighted by atomic mass is 10.0. The smallest absolute Gasteiger partial charge is 0.255 e. The van der Waals surface area contributed by atoms with Gasteiger partial charge in [-0.25, -0.2) is 9.13 Å². The Kier molecular flexibility index (Phi) is 30.7. The van der Waals surface area contributed by atoms with E-state index in [1.807, 2.05) is 24.3 Å². The fraction of sp³-hybridized carbons (Fsp3) is 0.714. The van der Waals surface area contributed by atoms with Crippen molar-refractivity contribution in [2.75, 3.05) is 0 Å². The van der Waals surface area contributed by atoms with Gasteiger partial charge in [-0.3, -0.25) is 9.59 Å². The molecule has 2 amide bonds. The molecule has 8 heteroatoms. The molecule has 4 N–H and O–H groups in total. The topological polar surface area (TPSA) is 93.9 Å². The van der Waals surface area contributed by atoms with Crippen molar-refractivity contribution < 1.29 is 52.7 Å². The Bertz CT molecular complexity index is 1070. The van der Waals surface area contributed by atoms with Gasteiger partial charge < -0.3 is 45.4 Å². The Hall–Kier alpha value is -1.80. The number of halogens is 2. The number of aromatic nitrogens is 2. The first-order chi connectivity index (χ1) is 23.5. The maximum absolute atomic E-state index is 12.3. The summed E-state index contributed by atoms with van der Waals surface area (Å²) in [4.78, 5) is 24.6. The monoisotopic (exact) mass is 822 g/mol. The Labute approximate surface area is 327 Å². The second kappa shape index (κ2) is 31.9. The quantitative estimate of drug-likeness (QED) is 0.0899. The summed E-state index contributed by atoms with van der Waals surface area (Å²) in [5, 5.41) is 0. The molecule has 0 radical (unpaired) electrons. The van der Waals surface area contributed by atoms with Gasteiger partial charge in [0.25, 0.3) is 11.8 Å². The van der Waals surface area contributed by atoms with Crippen LogP contribution in [0.15, 0.2) is 36.7 Å². The van der Waals surface area contributed by atoms with E-state index in [0.717, 1.165) is 75.8 Å². The lowest BCUT2D eigenvalue weighted by Gasteiger charge is -2.09. The predicted octanol–water partition coefficient (Wildman–Crippen LogP) is 3.65. The van der Waals surface area contributed by atoms with Gasteiger partial charge in [0.05, 0.1) is 0 Å². The molecule has 6 nitrogen and oxygen atoms in total. The SMILES string of the molecule is CCCCCCCCCCCC[n+]1cccc(C(N)=O)c1CCCCCCc1c(C(N)=O)ccc[n+]1CCCCCCCCCCCC.[Br-].[Br-]. The zero-order valence-corrected chi connectivity index (χ0v) is 35.1. The number of hydrogen-bond acceptors (Lipinski definition) is 2. The molecule has 0 saturated carbocycles. The standard InChI is InChI=1S/C42H70N4O2.2BrH/c1-3-5-7-9-11-13-15-17-21-25-33-45-35-27-29-37(41(43)47)39(45)31-23-19-20-24-32-40-38(42(44)48)30-28-36-46(40)34-26-22-18-16-14-12-10-8-6-4-2;;/h27-30,35-36H,3-26,31-34H2,1-2H3,(H2-2,43,44,47,48);2*1H. The highest BCUT2D eigenvalue weighted by Gasteiger charge is 2.21. The summed E-state index contributed by atoms with van der Waals surface area (Å²) in [5.74, 6) is -0.671. The van der Waals surface area contributed by atoms with Crippen LogP contribution in [-0.4, -0.2) is 11.8 Å². The first kappa shape index (κ1) is 48.2. The average Bonchev–Trinajstić information content (AvgIpc) is 3.08. The number of nitrogens with zero attached hydrogens (tertiary/aromatic N) is 2. The minimum atomic E-state index is -0.336. The average molecular weight is 825 g/mol. The number of unbranched alkanes of at least 4 members (excludes halogenated alkanes) is 21. The fourth-order valence-electron chi connectivity index (χ4n) is 7.07. The van der Waals surface area contributed by atoms with E-state index < -0.39 is 0 Å². The highest BCUT2D eigenvalue weighted by Crippen LogP contribution is 2.15. The normalized spacial score (nSPS) is 10.8. The molecule has 2 heterocycles. The van der Waals surface area contributed by atoms with Crippen LogP contribution in [0.3, 0.4) is 0 Å². The zero-order valence-electron chi connectivity index (χ0n) is 31.9. The molecule has 0 atom stereocenters. The highest BCUT2D eigenvalue weighted by molar-refractivity contribution is 5.93. The van der Waals surface area contributed by atoms with Gasteiger partial charge in [0.15, 0.2) is 23.8 Å². The molecule has 2 rings (SSSR count). The molecule has 0 aliphatic rings. The number of hydrogen-bond donors (Lipinski definition) is 2. The molecule has 0 saturated heterocycles. The van der Waals surface area contributed by atoms with E-state index in [2.05, 4.69) is 35.4 Å². The number of primary amides is 2. The summed E-state index contributed by atoms with van der Waals surface area (Å²) in [6, 6.07) is 7.67. The van der Waals surface area contributed by atoms with Crippen LogP contribution in [0.25, 0.3) is 0 Å². The molecule has 0 fully saturated rings. The van der Waals surface area contributed by atoms with Crippen LogP contribution in [0.5, 0.6) is 0 Å². The van der Waals surface area contributed by atoms with E-state index in [-0.39, 0.29) is 45.8 Å². The van der Waals surface area contributed by atoms with E-state index in [9.17, 15) is 9.59 Å². The minimum absolute atomic E-state index is 0. The molecular formula is C42H72Br2N4O2. The second-order valence-electron chi connectivity index (χ2n) is 14.1. The first-order valence-corrected chi connectivity index (χ1v) is 20.1. The second-order valence-corrected chi connectivity index (χ2v) is 14.1. The Morgan fingerprint density at radius 1 is 0.460 bits per heavy atom. The van der Waals surface area contributed by atoms with Crippen molar-refractivity contribution in [2.24, 2.45) is 11.5 Å². The molecule has 286 valence electrons. The van der Waals surface area contributed by atoms with E-state index in [1.54, 1.807) is 0 Å². The third kappa shape index (κ3) is 20.9. The largest absolute Gasteiger partial charge is 1.00 e. The van der Waals surface area contributed by atoms with Crippen LogP contribution in [-0.2, 0) is 25.9 Å². The van der Waals surface area contributed by atoms with Crippen molar-refractivity contribution in [3.63, 3.8) is 0 Å². The number of rotatable bonds is 31. The van der Waals surface area contributed by atoms with Crippen LogP contribution in [0.4, 0.5) is 0 Å². The van der Waals surface area contributed by atoms with Gasteiger partial charge in [-0.1, -0.05) is 129 Å². The Morgan fingerprint density at radius 3 is 1.04 bits per heavy atom. The number of amides is 2. The van der Waals surface area contributed by atoms with Crippen molar-refractivity contribution in [3.05, 3.63) is 59.2 Å². The molecule has 0 spiro atoms. The summed E-state index contributed by atoms with van der Waals surface area (Å²) in [5.41, 5.74) is 15.1. The van der Waals surface area contributed by atoms with Gasteiger partial charge in [0.1, 0.15) is 24.2 Å². The first-order valence-electron chi connectivity index (χ1n) is 20.1. The lowest BCUT2D eigenvalue weighted by molar-refractivity contribution is -0.705. The van der Waals surface area contributed by atoms with Gasteiger partial charge in [-0.05, 0) is 37.8 Å². The maximum Gasteiger partial charge on any atom is 0.255 e. The maximum atomic E-state index is 12.3. The van der Waals surface area contributed by atoms with Gasteiger partial charge >= 0.3 is 0 Å². The molecule has 0 aliphatic heterocycles. The summed E-state index contributed by atoms with van der Waals surface area (Å²) < 4.78 is 4.54. The van der Waals surface area contributed by atoms with Crippen LogP contribution in [0.1, 0.15) is 200 Å². The number of pyridine rings is 2. The minimum Gasteiger partial charge on any atom is -1.00 e.